The van der Waals surface area contributed by atoms with E-state index in [2.05, 4.69) is 30.2 Å². The van der Waals surface area contributed by atoms with Gasteiger partial charge in [-0.15, -0.1) is 10.2 Å². The van der Waals surface area contributed by atoms with E-state index in [0.29, 0.717) is 17.9 Å². The molecule has 1 aliphatic rings. The van der Waals surface area contributed by atoms with Crippen LogP contribution >= 0.6 is 0 Å². The van der Waals surface area contributed by atoms with Gasteiger partial charge in [0.15, 0.2) is 5.65 Å². The Morgan fingerprint density at radius 1 is 1.13 bits per heavy atom. The minimum Gasteiger partial charge on any atom is -0.435 e. The number of alkyl halides is 5. The molecule has 0 radical (unpaired) electrons. The van der Waals surface area contributed by atoms with Crippen LogP contribution < -0.4 is 10.1 Å². The molecule has 3 aromatic rings. The molecule has 2 atom stereocenters. The van der Waals surface area contributed by atoms with Crippen LogP contribution in [0.25, 0.3) is 5.65 Å². The Bertz CT molecular complexity index is 1010. The molecular weight excluding hydrogens is 411 g/mol. The van der Waals surface area contributed by atoms with Crippen molar-refractivity contribution in [2.45, 2.75) is 50.4 Å². The molecule has 3 heterocycles. The summed E-state index contributed by atoms with van der Waals surface area (Å²) in [4.78, 5) is 7.52. The molecule has 1 saturated carbocycles. The summed E-state index contributed by atoms with van der Waals surface area (Å²) in [7, 11) is 0. The minimum atomic E-state index is -4.48. The molecule has 3 aromatic heterocycles. The molecule has 0 saturated heterocycles. The maximum absolute atomic E-state index is 12.6. The first-order valence-electron chi connectivity index (χ1n) is 9.25. The number of fused-ring (bicyclic) bond motifs is 1. The number of rotatable bonds is 5. The molecule has 0 aliphatic heterocycles. The van der Waals surface area contributed by atoms with Crippen LogP contribution in [0.2, 0.25) is 0 Å². The Morgan fingerprint density at radius 2 is 1.90 bits per heavy atom. The summed E-state index contributed by atoms with van der Waals surface area (Å²) in [5.74, 6) is 0.851. The van der Waals surface area contributed by atoms with Crippen LogP contribution in [-0.2, 0) is 6.18 Å². The van der Waals surface area contributed by atoms with Gasteiger partial charge in [-0.25, -0.2) is 9.97 Å². The quantitative estimate of drug-likeness (QED) is 0.612. The van der Waals surface area contributed by atoms with Gasteiger partial charge < -0.3 is 10.1 Å². The highest BCUT2D eigenvalue weighted by Gasteiger charge is 2.32. The summed E-state index contributed by atoms with van der Waals surface area (Å²) >= 11 is 0. The predicted octanol–water partition coefficient (Wildman–Crippen LogP) is 4.28. The SMILES string of the molecule is FC(F)Oc1ccn2c([C@H]3CCC[C@@H](Nc4ncc(C(F)(F)F)cn4)C3)nnc2c1. The number of hydrogen-bond acceptors (Lipinski definition) is 6. The molecule has 30 heavy (non-hydrogen) atoms. The van der Waals surface area contributed by atoms with Crippen molar-refractivity contribution in [1.82, 2.24) is 24.6 Å². The molecule has 160 valence electrons. The van der Waals surface area contributed by atoms with Crippen molar-refractivity contribution in [3.05, 3.63) is 42.1 Å². The van der Waals surface area contributed by atoms with E-state index >= 15 is 0 Å². The maximum Gasteiger partial charge on any atom is 0.419 e. The third kappa shape index (κ3) is 4.41. The van der Waals surface area contributed by atoms with E-state index in [-0.39, 0.29) is 23.7 Å². The van der Waals surface area contributed by atoms with Crippen LogP contribution in [0.15, 0.2) is 30.7 Å². The fourth-order valence-electron chi connectivity index (χ4n) is 3.63. The predicted molar refractivity (Wildman–Crippen MR) is 95.3 cm³/mol. The van der Waals surface area contributed by atoms with E-state index in [1.165, 1.54) is 12.1 Å². The Kier molecular flexibility index (Phi) is 5.39. The van der Waals surface area contributed by atoms with Gasteiger partial charge in [-0.1, -0.05) is 6.42 Å². The Morgan fingerprint density at radius 3 is 2.60 bits per heavy atom. The van der Waals surface area contributed by atoms with Gasteiger partial charge in [0, 0.05) is 36.6 Å². The van der Waals surface area contributed by atoms with E-state index in [0.717, 1.165) is 31.7 Å². The lowest BCUT2D eigenvalue weighted by atomic mass is 9.85. The van der Waals surface area contributed by atoms with Gasteiger partial charge in [-0.05, 0) is 25.3 Å². The molecule has 1 aliphatic carbocycles. The minimum absolute atomic E-state index is 0.000843. The molecule has 4 rings (SSSR count). The number of aromatic nitrogens is 5. The van der Waals surface area contributed by atoms with Gasteiger partial charge in [0.1, 0.15) is 11.6 Å². The smallest absolute Gasteiger partial charge is 0.419 e. The Hall–Kier alpha value is -3.05. The number of hydrogen-bond donors (Lipinski definition) is 1. The molecular formula is C18H17F5N6O. The van der Waals surface area contributed by atoms with Crippen LogP contribution in [-0.4, -0.2) is 37.2 Å². The molecule has 1 fully saturated rings. The van der Waals surface area contributed by atoms with Crippen molar-refractivity contribution in [3.63, 3.8) is 0 Å². The molecule has 0 amide bonds. The lowest BCUT2D eigenvalue weighted by molar-refractivity contribution is -0.138. The van der Waals surface area contributed by atoms with Crippen LogP contribution in [0.1, 0.15) is 43.0 Å². The van der Waals surface area contributed by atoms with E-state index in [1.54, 1.807) is 10.6 Å². The number of pyridine rings is 1. The number of ether oxygens (including phenoxy) is 1. The highest BCUT2D eigenvalue weighted by atomic mass is 19.4. The van der Waals surface area contributed by atoms with Crippen molar-refractivity contribution < 1.29 is 26.7 Å². The summed E-state index contributed by atoms with van der Waals surface area (Å²) in [5, 5.41) is 11.3. The largest absolute Gasteiger partial charge is 0.435 e. The van der Waals surface area contributed by atoms with E-state index < -0.39 is 18.4 Å². The second kappa shape index (κ2) is 8.00. The van der Waals surface area contributed by atoms with Crippen molar-refractivity contribution >= 4 is 11.6 Å². The van der Waals surface area contributed by atoms with Gasteiger partial charge in [0.2, 0.25) is 5.95 Å². The normalized spacial score (nSPS) is 19.9. The number of halogens is 5. The fourth-order valence-corrected chi connectivity index (χ4v) is 3.63. The summed E-state index contributed by atoms with van der Waals surface area (Å²) in [6, 6.07) is 2.76. The summed E-state index contributed by atoms with van der Waals surface area (Å²) in [5.41, 5.74) is -0.510. The van der Waals surface area contributed by atoms with Crippen molar-refractivity contribution in [3.8, 4) is 5.75 Å². The average Bonchev–Trinajstić information content (AvgIpc) is 3.11. The average molecular weight is 428 g/mol. The first-order chi connectivity index (χ1) is 14.3. The Balaban J connectivity index is 1.46. The molecule has 0 spiro atoms. The lowest BCUT2D eigenvalue weighted by Gasteiger charge is -2.28. The third-order valence-electron chi connectivity index (χ3n) is 4.98. The zero-order chi connectivity index (χ0) is 21.3. The highest BCUT2D eigenvalue weighted by molar-refractivity contribution is 5.44. The van der Waals surface area contributed by atoms with E-state index in [1.807, 2.05) is 0 Å². The number of anilines is 1. The molecule has 0 aromatic carbocycles. The maximum atomic E-state index is 12.6. The second-order valence-corrected chi connectivity index (χ2v) is 7.03. The molecule has 0 bridgehead atoms. The standard InChI is InChI=1S/C18H17F5N6O/c19-16(20)30-13-4-5-29-14(7-13)27-28-15(29)10-2-1-3-12(6-10)26-17-24-8-11(9-25-17)18(21,22)23/h4-5,7-10,12,16H,1-3,6H2,(H,24,25,26)/t10-,12+/m0/s1. The topological polar surface area (TPSA) is 77.2 Å². The van der Waals surface area contributed by atoms with Gasteiger partial charge in [-0.3, -0.25) is 4.40 Å². The van der Waals surface area contributed by atoms with Crippen LogP contribution in [0.4, 0.5) is 27.9 Å². The molecule has 1 N–H and O–H groups in total. The van der Waals surface area contributed by atoms with Gasteiger partial charge >= 0.3 is 12.8 Å². The summed E-state index contributed by atoms with van der Waals surface area (Å²) in [6.45, 7) is -2.92. The zero-order valence-corrected chi connectivity index (χ0v) is 15.5. The van der Waals surface area contributed by atoms with Crippen molar-refractivity contribution in [1.29, 1.82) is 0 Å². The summed E-state index contributed by atoms with van der Waals surface area (Å²) in [6.07, 6.45) is 1.78. The number of nitrogens with one attached hydrogen (secondary N) is 1. The fraction of sp³-hybridized carbons (Fsp3) is 0.444. The van der Waals surface area contributed by atoms with E-state index in [4.69, 9.17) is 0 Å². The first kappa shape index (κ1) is 20.2. The highest BCUT2D eigenvalue weighted by Crippen LogP contribution is 2.34. The second-order valence-electron chi connectivity index (χ2n) is 7.03. The van der Waals surface area contributed by atoms with E-state index in [9.17, 15) is 22.0 Å². The van der Waals surface area contributed by atoms with Crippen molar-refractivity contribution in [2.24, 2.45) is 0 Å². The number of nitrogens with zero attached hydrogens (tertiary/aromatic N) is 5. The van der Waals surface area contributed by atoms with Crippen LogP contribution in [0.3, 0.4) is 0 Å². The summed E-state index contributed by atoms with van der Waals surface area (Å²) < 4.78 is 68.8. The monoisotopic (exact) mass is 428 g/mol. The first-order valence-corrected chi connectivity index (χ1v) is 9.25. The molecule has 12 heteroatoms. The Labute approximate surface area is 167 Å². The van der Waals surface area contributed by atoms with Gasteiger partial charge in [0.25, 0.3) is 0 Å². The zero-order valence-electron chi connectivity index (χ0n) is 15.5. The van der Waals surface area contributed by atoms with Crippen LogP contribution in [0.5, 0.6) is 5.75 Å². The van der Waals surface area contributed by atoms with Crippen molar-refractivity contribution in [2.75, 3.05) is 5.32 Å². The molecule has 0 unspecified atom stereocenters. The van der Waals surface area contributed by atoms with Crippen LogP contribution in [0, 0.1) is 0 Å². The molecule has 7 nitrogen and oxygen atoms in total. The van der Waals surface area contributed by atoms with Gasteiger partial charge in [0.05, 0.1) is 5.56 Å². The van der Waals surface area contributed by atoms with Gasteiger partial charge in [-0.2, -0.15) is 22.0 Å². The lowest BCUT2D eigenvalue weighted by Crippen LogP contribution is -2.28. The third-order valence-corrected chi connectivity index (χ3v) is 4.98.